The van der Waals surface area contributed by atoms with E-state index in [1.54, 1.807) is 0 Å². The van der Waals surface area contributed by atoms with Crippen LogP contribution in [0.15, 0.2) is 39.4 Å². The Morgan fingerprint density at radius 3 is 2.75 bits per heavy atom. The Morgan fingerprint density at radius 1 is 1.31 bits per heavy atom. The van der Waals surface area contributed by atoms with Gasteiger partial charge < -0.3 is 15.4 Å². The Bertz CT molecular complexity index is 1220. The molecule has 0 bridgehead atoms. The summed E-state index contributed by atoms with van der Waals surface area (Å²) in [5, 5.41) is 25.0. The largest absolute Gasteiger partial charge is 0.502 e. The molecule has 1 unspecified atom stereocenters. The van der Waals surface area contributed by atoms with Crippen LogP contribution in [0.2, 0.25) is 0 Å². The van der Waals surface area contributed by atoms with E-state index >= 15 is 0 Å². The SMILES string of the molecule is CCCSc1nc2c(c(=O)[nH]1)C(c1ccc(O)c([N+](=O)[O-])c1)C1=C(CC(C)(C)CC1=O)N2. The number of hydrogen-bond donors (Lipinski definition) is 3. The summed E-state index contributed by atoms with van der Waals surface area (Å²) in [5.74, 6) is -0.257. The van der Waals surface area contributed by atoms with Crippen molar-refractivity contribution in [3.05, 3.63) is 61.1 Å². The van der Waals surface area contributed by atoms with E-state index in [2.05, 4.69) is 15.3 Å². The monoisotopic (exact) mass is 456 g/mol. The van der Waals surface area contributed by atoms with Crippen molar-refractivity contribution in [2.75, 3.05) is 11.1 Å². The second kappa shape index (κ2) is 8.09. The maximum Gasteiger partial charge on any atom is 0.310 e. The lowest BCUT2D eigenvalue weighted by molar-refractivity contribution is -0.385. The van der Waals surface area contributed by atoms with E-state index in [1.165, 1.54) is 30.0 Å². The number of rotatable bonds is 5. The number of Topliss-reactive ketones (excluding diaryl/α,β-unsaturated/α-hetero) is 1. The van der Waals surface area contributed by atoms with Gasteiger partial charge in [-0.1, -0.05) is 38.6 Å². The van der Waals surface area contributed by atoms with Crippen LogP contribution in [0, 0.1) is 15.5 Å². The van der Waals surface area contributed by atoms with E-state index in [0.717, 1.165) is 12.2 Å². The third-order valence-corrected chi connectivity index (χ3v) is 6.75. The number of hydrogen-bond acceptors (Lipinski definition) is 8. The molecule has 3 N–H and O–H groups in total. The molecule has 2 aliphatic rings. The van der Waals surface area contributed by atoms with Gasteiger partial charge in [0.2, 0.25) is 0 Å². The number of aromatic hydroxyl groups is 1. The predicted octanol–water partition coefficient (Wildman–Crippen LogP) is 4.09. The molecule has 0 saturated heterocycles. The van der Waals surface area contributed by atoms with Gasteiger partial charge in [0, 0.05) is 35.4 Å². The maximum absolute atomic E-state index is 13.2. The third kappa shape index (κ3) is 3.90. The van der Waals surface area contributed by atoms with Gasteiger partial charge in [0.05, 0.1) is 10.5 Å². The standard InChI is InChI=1S/C22H24N4O5S/c1-4-7-32-21-24-19-18(20(29)25-21)16(11-5-6-14(27)13(8-11)26(30)31)17-12(23-19)9-22(2,3)10-15(17)28/h5-6,8,16,27H,4,7,9-10H2,1-3H3,(H2,23,24,25,29). The van der Waals surface area contributed by atoms with E-state index in [-0.39, 0.29) is 16.8 Å². The average Bonchev–Trinajstić information content (AvgIpc) is 2.70. The van der Waals surface area contributed by atoms with Crippen molar-refractivity contribution in [3.8, 4) is 5.75 Å². The van der Waals surface area contributed by atoms with Crippen LogP contribution < -0.4 is 10.9 Å². The molecular weight excluding hydrogens is 432 g/mol. The molecule has 1 aromatic carbocycles. The van der Waals surface area contributed by atoms with Crippen LogP contribution in [0.4, 0.5) is 11.5 Å². The van der Waals surface area contributed by atoms with Gasteiger partial charge in [-0.2, -0.15) is 0 Å². The number of nitro benzene ring substituents is 1. The van der Waals surface area contributed by atoms with E-state index < -0.39 is 27.8 Å². The Balaban J connectivity index is 1.95. The lowest BCUT2D eigenvalue weighted by Gasteiger charge is -2.38. The van der Waals surface area contributed by atoms with Gasteiger partial charge in [-0.05, 0) is 29.9 Å². The highest BCUT2D eigenvalue weighted by atomic mass is 32.2. The number of allylic oxidation sites excluding steroid dienone is 2. The van der Waals surface area contributed by atoms with Crippen LogP contribution in [-0.4, -0.2) is 31.5 Å². The molecule has 0 spiro atoms. The fraction of sp³-hybridized carbons (Fsp3) is 0.409. The zero-order valence-electron chi connectivity index (χ0n) is 18.0. The topological polar surface area (TPSA) is 138 Å². The summed E-state index contributed by atoms with van der Waals surface area (Å²) in [6.45, 7) is 6.03. The highest BCUT2D eigenvalue weighted by Gasteiger charge is 2.42. The number of phenolic OH excluding ortho intramolecular Hbond substituents is 1. The Morgan fingerprint density at radius 2 is 2.06 bits per heavy atom. The van der Waals surface area contributed by atoms with Crippen LogP contribution in [0.1, 0.15) is 57.1 Å². The van der Waals surface area contributed by atoms with Crippen LogP contribution in [-0.2, 0) is 4.79 Å². The average molecular weight is 457 g/mol. The Hall–Kier alpha value is -3.14. The van der Waals surface area contributed by atoms with Gasteiger partial charge in [-0.3, -0.25) is 19.7 Å². The fourth-order valence-electron chi connectivity index (χ4n) is 4.36. The summed E-state index contributed by atoms with van der Waals surface area (Å²) in [6, 6.07) is 3.96. The summed E-state index contributed by atoms with van der Waals surface area (Å²) in [6.07, 6.45) is 1.79. The molecule has 2 aromatic rings. The molecular formula is C22H24N4O5S. The zero-order chi connectivity index (χ0) is 23.2. The van der Waals surface area contributed by atoms with Crippen LogP contribution in [0.3, 0.4) is 0 Å². The number of aromatic amines is 1. The second-order valence-electron chi connectivity index (χ2n) is 8.88. The molecule has 0 radical (unpaired) electrons. The molecule has 2 heterocycles. The number of carbonyl (C=O) groups excluding carboxylic acids is 1. The minimum Gasteiger partial charge on any atom is -0.502 e. The van der Waals surface area contributed by atoms with Crippen molar-refractivity contribution in [1.29, 1.82) is 0 Å². The lowest BCUT2D eigenvalue weighted by atomic mass is 9.69. The summed E-state index contributed by atoms with van der Waals surface area (Å²) in [7, 11) is 0. The number of benzene rings is 1. The smallest absolute Gasteiger partial charge is 0.310 e. The Labute approximate surface area is 188 Å². The first-order valence-electron chi connectivity index (χ1n) is 10.4. The first-order valence-corrected chi connectivity index (χ1v) is 11.4. The van der Waals surface area contributed by atoms with Gasteiger partial charge in [-0.25, -0.2) is 4.98 Å². The quantitative estimate of drug-likeness (QED) is 0.265. The third-order valence-electron chi connectivity index (χ3n) is 5.67. The van der Waals surface area contributed by atoms with Crippen molar-refractivity contribution in [2.24, 2.45) is 5.41 Å². The van der Waals surface area contributed by atoms with Gasteiger partial charge in [-0.15, -0.1) is 0 Å². The maximum atomic E-state index is 13.2. The first kappa shape index (κ1) is 22.1. The molecule has 0 fully saturated rings. The van der Waals surface area contributed by atoms with E-state index in [1.807, 2.05) is 20.8 Å². The van der Waals surface area contributed by atoms with Gasteiger partial charge in [0.15, 0.2) is 16.7 Å². The number of ketones is 1. The minimum absolute atomic E-state index is 0.112. The number of nitro groups is 1. The van der Waals surface area contributed by atoms with Crippen LogP contribution in [0.5, 0.6) is 5.75 Å². The van der Waals surface area contributed by atoms with Gasteiger partial charge in [0.25, 0.3) is 5.56 Å². The van der Waals surface area contributed by atoms with E-state index in [0.29, 0.717) is 40.6 Å². The number of H-pyrrole nitrogens is 1. The first-order chi connectivity index (χ1) is 15.1. The molecule has 1 atom stereocenters. The number of aromatic nitrogens is 2. The number of phenols is 1. The van der Waals surface area contributed by atoms with E-state index in [4.69, 9.17) is 0 Å². The number of fused-ring (bicyclic) bond motifs is 1. The molecule has 1 aromatic heterocycles. The highest BCUT2D eigenvalue weighted by Crippen LogP contribution is 2.48. The molecule has 32 heavy (non-hydrogen) atoms. The van der Waals surface area contributed by atoms with Crippen LogP contribution in [0.25, 0.3) is 0 Å². The van der Waals surface area contributed by atoms with Crippen molar-refractivity contribution in [3.63, 3.8) is 0 Å². The normalized spacial score (nSPS) is 19.2. The zero-order valence-corrected chi connectivity index (χ0v) is 18.8. The Kier molecular flexibility index (Phi) is 5.58. The molecule has 0 amide bonds. The van der Waals surface area contributed by atoms with Crippen molar-refractivity contribution >= 4 is 29.1 Å². The number of nitrogens with zero attached hydrogens (tertiary/aromatic N) is 2. The molecule has 4 rings (SSSR count). The molecule has 9 nitrogen and oxygen atoms in total. The minimum atomic E-state index is -0.814. The molecule has 0 saturated carbocycles. The molecule has 10 heteroatoms. The lowest BCUT2D eigenvalue weighted by Crippen LogP contribution is -2.37. The fourth-order valence-corrected chi connectivity index (χ4v) is 5.08. The number of anilines is 1. The number of carbonyl (C=O) groups is 1. The predicted molar refractivity (Wildman–Crippen MR) is 121 cm³/mol. The summed E-state index contributed by atoms with van der Waals surface area (Å²) < 4.78 is 0. The van der Waals surface area contributed by atoms with E-state index in [9.17, 15) is 24.8 Å². The van der Waals surface area contributed by atoms with Crippen LogP contribution >= 0.6 is 11.8 Å². The van der Waals surface area contributed by atoms with Gasteiger partial charge >= 0.3 is 5.69 Å². The highest BCUT2D eigenvalue weighted by molar-refractivity contribution is 7.99. The molecule has 168 valence electrons. The summed E-state index contributed by atoms with van der Waals surface area (Å²) in [4.78, 5) is 44.5. The van der Waals surface area contributed by atoms with Crippen molar-refractivity contribution in [2.45, 2.75) is 51.1 Å². The van der Waals surface area contributed by atoms with Crippen molar-refractivity contribution in [1.82, 2.24) is 9.97 Å². The summed E-state index contributed by atoms with van der Waals surface area (Å²) >= 11 is 1.43. The van der Waals surface area contributed by atoms with Crippen molar-refractivity contribution < 1.29 is 14.8 Å². The van der Waals surface area contributed by atoms with Gasteiger partial charge in [0.1, 0.15) is 5.82 Å². The summed E-state index contributed by atoms with van der Waals surface area (Å²) in [5.41, 5.74) is 0.602. The molecule has 1 aliphatic carbocycles. The number of thioether (sulfide) groups is 1. The number of nitrogens with one attached hydrogen (secondary N) is 2. The molecule has 1 aliphatic heterocycles. The second-order valence-corrected chi connectivity index (χ2v) is 9.96.